The molecule has 0 spiro atoms. The van der Waals surface area contributed by atoms with Gasteiger partial charge in [-0.15, -0.1) is 0 Å². The lowest BCUT2D eigenvalue weighted by molar-refractivity contribution is 0.242. The lowest BCUT2D eigenvalue weighted by atomic mass is 10.1. The summed E-state index contributed by atoms with van der Waals surface area (Å²) in [6, 6.07) is 8.81. The van der Waals surface area contributed by atoms with E-state index in [1.807, 2.05) is 23.9 Å². The molecule has 4 heteroatoms. The lowest BCUT2D eigenvalue weighted by Gasteiger charge is -2.22. The van der Waals surface area contributed by atoms with Crippen molar-refractivity contribution < 1.29 is 4.74 Å². The van der Waals surface area contributed by atoms with E-state index in [9.17, 15) is 0 Å². The normalized spacial score (nSPS) is 28.6. The number of hydrogen-bond acceptors (Lipinski definition) is 3. The fourth-order valence-corrected chi connectivity index (χ4v) is 3.40. The van der Waals surface area contributed by atoms with Crippen LogP contribution in [-0.2, 0) is 6.42 Å². The van der Waals surface area contributed by atoms with Gasteiger partial charge in [-0.2, -0.15) is 0 Å². The van der Waals surface area contributed by atoms with Crippen LogP contribution in [-0.4, -0.2) is 29.6 Å². The second kappa shape index (κ2) is 5.22. The Kier molecular flexibility index (Phi) is 3.46. The first-order valence-electron chi connectivity index (χ1n) is 6.49. The summed E-state index contributed by atoms with van der Waals surface area (Å²) in [4.78, 5) is 4.64. The van der Waals surface area contributed by atoms with Gasteiger partial charge in [-0.1, -0.05) is 30.0 Å². The fourth-order valence-electron chi connectivity index (χ4n) is 2.29. The summed E-state index contributed by atoms with van der Waals surface area (Å²) in [5, 5.41) is 4.50. The molecule has 0 aliphatic carbocycles. The molecule has 1 saturated heterocycles. The molecule has 1 aromatic rings. The number of ether oxygens (including phenoxy) is 1. The van der Waals surface area contributed by atoms with Gasteiger partial charge in [-0.05, 0) is 25.0 Å². The molecule has 96 valence electrons. The zero-order valence-corrected chi connectivity index (χ0v) is 11.4. The maximum atomic E-state index is 5.88. The molecular weight excluding hydrogens is 244 g/mol. The van der Waals surface area contributed by atoms with Crippen molar-refractivity contribution in [3.63, 3.8) is 0 Å². The Balaban J connectivity index is 1.58. The number of nitrogens with zero attached hydrogens (tertiary/aromatic N) is 1. The fraction of sp³-hybridized carbons (Fsp3) is 0.500. The van der Waals surface area contributed by atoms with Gasteiger partial charge in [0.25, 0.3) is 0 Å². The molecule has 2 unspecified atom stereocenters. The van der Waals surface area contributed by atoms with E-state index in [0.717, 1.165) is 23.9 Å². The van der Waals surface area contributed by atoms with Crippen molar-refractivity contribution in [2.45, 2.75) is 31.9 Å². The molecule has 1 N–H and O–H groups in total. The molecular formula is C14H18N2OS. The Morgan fingerprint density at radius 1 is 1.44 bits per heavy atom. The Bertz CT molecular complexity index is 436. The maximum Gasteiger partial charge on any atom is 0.156 e. The third kappa shape index (κ3) is 2.64. The third-order valence-corrected chi connectivity index (χ3v) is 4.27. The quantitative estimate of drug-likeness (QED) is 0.889. The van der Waals surface area contributed by atoms with Crippen LogP contribution in [0.25, 0.3) is 0 Å². The monoisotopic (exact) mass is 262 g/mol. The average Bonchev–Trinajstić information content (AvgIpc) is 2.79. The van der Waals surface area contributed by atoms with Crippen molar-refractivity contribution >= 4 is 16.9 Å². The molecule has 2 aliphatic heterocycles. The van der Waals surface area contributed by atoms with E-state index in [1.165, 1.54) is 17.7 Å². The second-order valence-corrected chi connectivity index (χ2v) is 5.96. The highest BCUT2D eigenvalue weighted by Crippen LogP contribution is 2.28. The molecule has 0 aromatic heterocycles. The number of aliphatic imine (C=N–C) groups is 1. The molecule has 0 bridgehead atoms. The summed E-state index contributed by atoms with van der Waals surface area (Å²) < 4.78 is 5.88. The van der Waals surface area contributed by atoms with Crippen molar-refractivity contribution in [2.24, 2.45) is 4.99 Å². The van der Waals surface area contributed by atoms with Gasteiger partial charge in [0.1, 0.15) is 11.9 Å². The first kappa shape index (κ1) is 11.9. The minimum atomic E-state index is 0.203. The number of benzene rings is 1. The molecule has 18 heavy (non-hydrogen) atoms. The summed E-state index contributed by atoms with van der Waals surface area (Å²) in [5.74, 6) is 2.19. The Labute approximate surface area is 112 Å². The van der Waals surface area contributed by atoms with Gasteiger partial charge in [0.15, 0.2) is 5.17 Å². The molecule has 2 atom stereocenters. The summed E-state index contributed by atoms with van der Waals surface area (Å²) in [6.07, 6.45) is 2.40. The van der Waals surface area contributed by atoms with Gasteiger partial charge >= 0.3 is 0 Å². The van der Waals surface area contributed by atoms with Crippen molar-refractivity contribution in [3.8, 4) is 5.75 Å². The minimum absolute atomic E-state index is 0.203. The predicted octanol–water partition coefficient (Wildman–Crippen LogP) is 2.46. The highest BCUT2D eigenvalue weighted by molar-refractivity contribution is 8.13. The van der Waals surface area contributed by atoms with Crippen LogP contribution in [0.15, 0.2) is 29.3 Å². The van der Waals surface area contributed by atoms with Gasteiger partial charge in [0.05, 0.1) is 6.54 Å². The molecule has 0 saturated carbocycles. The van der Waals surface area contributed by atoms with Crippen molar-refractivity contribution in [2.75, 3.05) is 12.3 Å². The van der Waals surface area contributed by atoms with Crippen LogP contribution in [0, 0.1) is 0 Å². The number of nitrogens with one attached hydrogen (secondary N) is 1. The van der Waals surface area contributed by atoms with Crippen LogP contribution in [0.4, 0.5) is 0 Å². The zero-order valence-electron chi connectivity index (χ0n) is 10.6. The van der Waals surface area contributed by atoms with E-state index in [1.54, 1.807) is 0 Å². The molecule has 3 rings (SSSR count). The summed E-state index contributed by atoms with van der Waals surface area (Å²) in [7, 11) is 0. The number of hydrogen-bond donors (Lipinski definition) is 1. The van der Waals surface area contributed by atoms with Crippen LogP contribution in [0.3, 0.4) is 0 Å². The van der Waals surface area contributed by atoms with E-state index in [0.29, 0.717) is 6.04 Å². The highest BCUT2D eigenvalue weighted by Gasteiger charge is 2.22. The van der Waals surface area contributed by atoms with Crippen molar-refractivity contribution in [1.29, 1.82) is 0 Å². The summed E-state index contributed by atoms with van der Waals surface area (Å²) >= 11 is 1.82. The second-order valence-electron chi connectivity index (χ2n) is 4.88. The largest absolute Gasteiger partial charge is 0.488 e. The lowest BCUT2D eigenvalue weighted by Crippen LogP contribution is -2.36. The molecule has 0 amide bonds. The highest BCUT2D eigenvalue weighted by atomic mass is 32.2. The topological polar surface area (TPSA) is 33.6 Å². The third-order valence-electron chi connectivity index (χ3n) is 3.31. The SMILES string of the molecule is CC1CCSC(=NCC2Cc3ccccc3O2)N1. The molecule has 2 aliphatic rings. The Morgan fingerprint density at radius 2 is 2.33 bits per heavy atom. The maximum absolute atomic E-state index is 5.88. The molecule has 0 radical (unpaired) electrons. The van der Waals surface area contributed by atoms with Gasteiger partial charge in [-0.25, -0.2) is 0 Å². The van der Waals surface area contributed by atoms with Crippen molar-refractivity contribution in [3.05, 3.63) is 29.8 Å². The van der Waals surface area contributed by atoms with Gasteiger partial charge in [-0.3, -0.25) is 4.99 Å². The van der Waals surface area contributed by atoms with Crippen molar-refractivity contribution in [1.82, 2.24) is 5.32 Å². The Morgan fingerprint density at radius 3 is 3.17 bits per heavy atom. The molecule has 3 nitrogen and oxygen atoms in total. The van der Waals surface area contributed by atoms with E-state index < -0.39 is 0 Å². The first-order valence-corrected chi connectivity index (χ1v) is 7.48. The summed E-state index contributed by atoms with van der Waals surface area (Å²) in [5.41, 5.74) is 1.31. The number of amidine groups is 1. The molecule has 1 fully saturated rings. The van der Waals surface area contributed by atoms with Crippen LogP contribution in [0.1, 0.15) is 18.9 Å². The van der Waals surface area contributed by atoms with Crippen LogP contribution in [0.2, 0.25) is 0 Å². The number of fused-ring (bicyclic) bond motifs is 1. The van der Waals surface area contributed by atoms with Gasteiger partial charge in [0.2, 0.25) is 0 Å². The van der Waals surface area contributed by atoms with Crippen LogP contribution in [0.5, 0.6) is 5.75 Å². The predicted molar refractivity (Wildman–Crippen MR) is 76.5 cm³/mol. The summed E-state index contributed by atoms with van der Waals surface area (Å²) in [6.45, 7) is 2.95. The van der Waals surface area contributed by atoms with Crippen LogP contribution >= 0.6 is 11.8 Å². The Hall–Kier alpha value is -1.16. The smallest absolute Gasteiger partial charge is 0.156 e. The number of rotatable bonds is 2. The van der Waals surface area contributed by atoms with Crippen LogP contribution < -0.4 is 10.1 Å². The van der Waals surface area contributed by atoms with E-state index in [2.05, 4.69) is 29.4 Å². The first-order chi connectivity index (χ1) is 8.81. The number of para-hydroxylation sites is 1. The van der Waals surface area contributed by atoms with E-state index in [-0.39, 0.29) is 6.10 Å². The molecule has 2 heterocycles. The van der Waals surface area contributed by atoms with E-state index in [4.69, 9.17) is 4.74 Å². The van der Waals surface area contributed by atoms with E-state index >= 15 is 0 Å². The number of thioether (sulfide) groups is 1. The standard InChI is InChI=1S/C14H18N2OS/c1-10-6-7-18-14(16-10)15-9-12-8-11-4-2-3-5-13(11)17-12/h2-5,10,12H,6-9H2,1H3,(H,15,16). The van der Waals surface area contributed by atoms with Gasteiger partial charge in [0, 0.05) is 18.2 Å². The zero-order chi connectivity index (χ0) is 12.4. The average molecular weight is 262 g/mol. The molecule has 1 aromatic carbocycles. The minimum Gasteiger partial charge on any atom is -0.488 e. The van der Waals surface area contributed by atoms with Gasteiger partial charge < -0.3 is 10.1 Å².